The molecule has 0 saturated carbocycles. The highest BCUT2D eigenvalue weighted by atomic mass is 32.1. The molecule has 0 atom stereocenters. The predicted molar refractivity (Wildman–Crippen MR) is 66.6 cm³/mol. The number of benzene rings is 1. The van der Waals surface area contributed by atoms with Gasteiger partial charge >= 0.3 is 6.18 Å². The van der Waals surface area contributed by atoms with E-state index >= 15 is 0 Å². The second kappa shape index (κ2) is 5.41. The number of carbonyl (C=O) groups excluding carboxylic acids is 1. The number of amides is 1. The zero-order valence-corrected chi connectivity index (χ0v) is 10.8. The van der Waals surface area contributed by atoms with Crippen molar-refractivity contribution in [2.45, 2.75) is 6.18 Å². The van der Waals surface area contributed by atoms with E-state index in [0.29, 0.717) is 0 Å². The smallest absolute Gasteiger partial charge is 0.387 e. The highest BCUT2D eigenvalue weighted by molar-refractivity contribution is 7.09. The highest BCUT2D eigenvalue weighted by Gasteiger charge is 2.31. The van der Waals surface area contributed by atoms with E-state index in [2.05, 4.69) is 25.4 Å². The summed E-state index contributed by atoms with van der Waals surface area (Å²) in [5.41, 5.74) is -0.775. The van der Waals surface area contributed by atoms with Crippen molar-refractivity contribution >= 4 is 28.3 Å². The van der Waals surface area contributed by atoms with Crippen LogP contribution in [0, 0.1) is 0 Å². The summed E-state index contributed by atoms with van der Waals surface area (Å²) in [4.78, 5) is 12.0. The molecule has 20 heavy (non-hydrogen) atoms. The average Bonchev–Trinajstić information content (AvgIpc) is 2.89. The van der Waals surface area contributed by atoms with Gasteiger partial charge in [0.15, 0.2) is 0 Å². The van der Waals surface area contributed by atoms with Gasteiger partial charge in [-0.05, 0) is 23.4 Å². The maximum Gasteiger partial charge on any atom is 0.416 e. The third-order valence-electron chi connectivity index (χ3n) is 2.38. The van der Waals surface area contributed by atoms with E-state index < -0.39 is 17.6 Å². The minimum Gasteiger partial charge on any atom is -0.387 e. The van der Waals surface area contributed by atoms with Gasteiger partial charge in [0.05, 0.1) is 11.1 Å². The molecule has 2 N–H and O–H groups in total. The molecule has 1 heterocycles. The van der Waals surface area contributed by atoms with E-state index in [1.165, 1.54) is 13.1 Å². The Hall–Kier alpha value is -2.23. The Labute approximate surface area is 115 Å². The lowest BCUT2D eigenvalue weighted by Crippen LogP contribution is -2.16. The van der Waals surface area contributed by atoms with E-state index in [0.717, 1.165) is 23.7 Å². The molecule has 0 unspecified atom stereocenters. The van der Waals surface area contributed by atoms with Gasteiger partial charge in [0.2, 0.25) is 5.13 Å². The number of rotatable bonds is 3. The minimum absolute atomic E-state index is 0.106. The van der Waals surface area contributed by atoms with Gasteiger partial charge in [-0.2, -0.15) is 13.2 Å². The van der Waals surface area contributed by atoms with Crippen LogP contribution in [-0.4, -0.2) is 27.8 Å². The standard InChI is InChI=1S/C10H8F3N5OS/c1-14-7-3-2-5(10(11,12)13)4-6(7)8(19)15-9-16-17-18-20-9/h2-4,14H,1H3,(H,15,16,18,19). The summed E-state index contributed by atoms with van der Waals surface area (Å²) in [5, 5.41) is 11.9. The van der Waals surface area contributed by atoms with Crippen molar-refractivity contribution in [3.63, 3.8) is 0 Å². The molecule has 10 heteroatoms. The normalized spacial score (nSPS) is 11.2. The number of hydrogen-bond donors (Lipinski definition) is 2. The number of hydrogen-bond acceptors (Lipinski definition) is 6. The van der Waals surface area contributed by atoms with Gasteiger partial charge in [0.25, 0.3) is 5.91 Å². The molecule has 0 aliphatic carbocycles. The van der Waals surface area contributed by atoms with Crippen LogP contribution in [0.25, 0.3) is 0 Å². The molecule has 0 aliphatic heterocycles. The van der Waals surface area contributed by atoms with E-state index in [9.17, 15) is 18.0 Å². The first-order valence-corrected chi connectivity index (χ1v) is 6.04. The van der Waals surface area contributed by atoms with Gasteiger partial charge in [-0.15, -0.1) is 0 Å². The topological polar surface area (TPSA) is 79.8 Å². The van der Waals surface area contributed by atoms with Crippen LogP contribution >= 0.6 is 11.5 Å². The van der Waals surface area contributed by atoms with Crippen LogP contribution in [0.2, 0.25) is 0 Å². The predicted octanol–water partition coefficient (Wildman–Crippen LogP) is 2.25. The molecular formula is C10H8F3N5OS. The molecule has 0 radical (unpaired) electrons. The summed E-state index contributed by atoms with van der Waals surface area (Å²) in [7, 11) is 1.51. The number of anilines is 2. The fourth-order valence-electron chi connectivity index (χ4n) is 1.47. The molecule has 1 aromatic heterocycles. The Bertz CT molecular complexity index is 614. The Morgan fingerprint density at radius 1 is 1.35 bits per heavy atom. The SMILES string of the molecule is CNc1ccc(C(F)(F)F)cc1C(=O)Nc1nnns1. The number of alkyl halides is 3. The molecule has 106 valence electrons. The third-order valence-corrected chi connectivity index (χ3v) is 2.89. The minimum atomic E-state index is -4.52. The maximum absolute atomic E-state index is 12.7. The van der Waals surface area contributed by atoms with Crippen molar-refractivity contribution in [3.05, 3.63) is 29.3 Å². The lowest BCUT2D eigenvalue weighted by atomic mass is 10.1. The second-order valence-electron chi connectivity index (χ2n) is 3.63. The van der Waals surface area contributed by atoms with Crippen LogP contribution in [0.15, 0.2) is 18.2 Å². The molecule has 0 saturated heterocycles. The van der Waals surface area contributed by atoms with E-state index in [4.69, 9.17) is 0 Å². The number of nitrogens with zero attached hydrogens (tertiary/aromatic N) is 3. The van der Waals surface area contributed by atoms with E-state index in [1.54, 1.807) is 0 Å². The van der Waals surface area contributed by atoms with E-state index in [-0.39, 0.29) is 16.4 Å². The van der Waals surface area contributed by atoms with Crippen molar-refractivity contribution in [2.24, 2.45) is 0 Å². The van der Waals surface area contributed by atoms with Crippen LogP contribution in [-0.2, 0) is 6.18 Å². The van der Waals surface area contributed by atoms with Gasteiger partial charge in [0.1, 0.15) is 0 Å². The molecule has 1 amide bonds. The number of carbonyl (C=O) groups is 1. The van der Waals surface area contributed by atoms with Crippen molar-refractivity contribution in [3.8, 4) is 0 Å². The van der Waals surface area contributed by atoms with Crippen molar-refractivity contribution in [1.82, 2.24) is 14.8 Å². The van der Waals surface area contributed by atoms with Crippen LogP contribution in [0.1, 0.15) is 15.9 Å². The van der Waals surface area contributed by atoms with Gasteiger partial charge in [-0.1, -0.05) is 9.59 Å². The number of aromatic nitrogens is 3. The molecule has 1 aromatic carbocycles. The summed E-state index contributed by atoms with van der Waals surface area (Å²) in [6.07, 6.45) is -4.52. The molecule has 0 bridgehead atoms. The van der Waals surface area contributed by atoms with Crippen LogP contribution in [0.4, 0.5) is 24.0 Å². The third kappa shape index (κ3) is 3.02. The average molecular weight is 303 g/mol. The molecule has 2 aromatic rings. The zero-order chi connectivity index (χ0) is 14.8. The Morgan fingerprint density at radius 2 is 2.10 bits per heavy atom. The zero-order valence-electron chi connectivity index (χ0n) is 10.0. The van der Waals surface area contributed by atoms with Gasteiger partial charge in [-0.3, -0.25) is 10.1 Å². The number of halogens is 3. The first-order chi connectivity index (χ1) is 9.41. The first-order valence-electron chi connectivity index (χ1n) is 5.27. The summed E-state index contributed by atoms with van der Waals surface area (Å²) in [5.74, 6) is -0.723. The molecule has 0 aliphatic rings. The Morgan fingerprint density at radius 3 is 2.65 bits per heavy atom. The summed E-state index contributed by atoms with van der Waals surface area (Å²) in [6, 6.07) is 2.86. The first kappa shape index (κ1) is 14.2. The molecular weight excluding hydrogens is 295 g/mol. The maximum atomic E-state index is 12.7. The number of nitrogens with one attached hydrogen (secondary N) is 2. The van der Waals surface area contributed by atoms with Gasteiger partial charge in [0, 0.05) is 24.3 Å². The monoisotopic (exact) mass is 303 g/mol. The van der Waals surface area contributed by atoms with Crippen LogP contribution in [0.5, 0.6) is 0 Å². The second-order valence-corrected chi connectivity index (χ2v) is 4.36. The summed E-state index contributed by atoms with van der Waals surface area (Å²) >= 11 is 0.822. The van der Waals surface area contributed by atoms with Crippen molar-refractivity contribution in [2.75, 3.05) is 17.7 Å². The fourth-order valence-corrected chi connectivity index (χ4v) is 1.83. The van der Waals surface area contributed by atoms with Crippen LogP contribution in [0.3, 0.4) is 0 Å². The summed E-state index contributed by atoms with van der Waals surface area (Å²) < 4.78 is 41.4. The van der Waals surface area contributed by atoms with Crippen LogP contribution < -0.4 is 10.6 Å². The van der Waals surface area contributed by atoms with Crippen molar-refractivity contribution in [1.29, 1.82) is 0 Å². The fraction of sp³-hybridized carbons (Fsp3) is 0.200. The van der Waals surface area contributed by atoms with E-state index in [1.807, 2.05) is 0 Å². The lowest BCUT2D eigenvalue weighted by Gasteiger charge is -2.12. The molecule has 6 nitrogen and oxygen atoms in total. The largest absolute Gasteiger partial charge is 0.416 e. The molecule has 2 rings (SSSR count). The lowest BCUT2D eigenvalue weighted by molar-refractivity contribution is -0.137. The Balaban J connectivity index is 2.35. The highest BCUT2D eigenvalue weighted by Crippen LogP contribution is 2.32. The Kier molecular flexibility index (Phi) is 3.84. The molecule has 0 spiro atoms. The quantitative estimate of drug-likeness (QED) is 0.909. The molecule has 0 fully saturated rings. The van der Waals surface area contributed by atoms with Crippen molar-refractivity contribution < 1.29 is 18.0 Å². The van der Waals surface area contributed by atoms with Gasteiger partial charge < -0.3 is 5.32 Å². The van der Waals surface area contributed by atoms with Gasteiger partial charge in [-0.25, -0.2) is 0 Å². The summed E-state index contributed by atoms with van der Waals surface area (Å²) in [6.45, 7) is 0.